The van der Waals surface area contributed by atoms with Gasteiger partial charge in [0.1, 0.15) is 0 Å². The van der Waals surface area contributed by atoms with Crippen molar-refractivity contribution in [3.63, 3.8) is 0 Å². The highest BCUT2D eigenvalue weighted by molar-refractivity contribution is 5.96. The lowest BCUT2D eigenvalue weighted by Gasteiger charge is -2.32. The van der Waals surface area contributed by atoms with Crippen LogP contribution in [0, 0.1) is 0 Å². The number of hydrogen-bond acceptors (Lipinski definition) is 3. The van der Waals surface area contributed by atoms with E-state index in [0.29, 0.717) is 17.1 Å². The number of carbonyl (C=O) groups is 1. The Labute approximate surface area is 208 Å². The molecule has 7 heteroatoms. The average Bonchev–Trinajstić information content (AvgIpc) is 3.48. The first-order valence-electron chi connectivity index (χ1n) is 12.6. The molecule has 0 unspecified atom stereocenters. The number of nitrogens with one attached hydrogen (secondary N) is 2. The van der Waals surface area contributed by atoms with Crippen molar-refractivity contribution < 1.29 is 4.79 Å². The van der Waals surface area contributed by atoms with Crippen molar-refractivity contribution in [3.8, 4) is 11.1 Å². The standard InChI is InChI=1S/C29H29N5O2/c1-3-18-6-5-9-23-24(17-30-26(18)23)19-10-12-34(13-11-19)28(35)21-8-4-7-20(14-21)22-15-25-27(31-16-22)32-29(36)33(25)2/h4-9,14-17,19,30H,3,10-13H2,1-2H3,(H,31,32,36). The van der Waals surface area contributed by atoms with Crippen LogP contribution in [0.4, 0.5) is 0 Å². The molecule has 1 aliphatic rings. The number of para-hydroxylation sites is 1. The molecule has 2 aromatic carbocycles. The largest absolute Gasteiger partial charge is 0.361 e. The molecule has 36 heavy (non-hydrogen) atoms. The second kappa shape index (κ2) is 8.82. The third kappa shape index (κ3) is 3.71. The van der Waals surface area contributed by atoms with Gasteiger partial charge in [-0.2, -0.15) is 0 Å². The summed E-state index contributed by atoms with van der Waals surface area (Å²) in [6.45, 7) is 3.67. The third-order valence-electron chi connectivity index (χ3n) is 7.64. The number of nitrogens with zero attached hydrogens (tertiary/aromatic N) is 3. The van der Waals surface area contributed by atoms with E-state index in [9.17, 15) is 9.59 Å². The zero-order valence-electron chi connectivity index (χ0n) is 20.5. The van der Waals surface area contributed by atoms with Gasteiger partial charge in [-0.3, -0.25) is 14.3 Å². The Kier molecular flexibility index (Phi) is 5.48. The minimum absolute atomic E-state index is 0.0607. The van der Waals surface area contributed by atoms with E-state index in [1.165, 1.54) is 22.0 Å². The highest BCUT2D eigenvalue weighted by Crippen LogP contribution is 2.35. The van der Waals surface area contributed by atoms with Crippen LogP contribution in [0.25, 0.3) is 33.2 Å². The number of aryl methyl sites for hydroxylation is 2. The van der Waals surface area contributed by atoms with Gasteiger partial charge in [-0.05, 0) is 60.1 Å². The number of piperidine rings is 1. The molecule has 3 aromatic heterocycles. The molecule has 0 atom stereocenters. The molecule has 1 fully saturated rings. The van der Waals surface area contributed by atoms with Crippen LogP contribution < -0.4 is 5.69 Å². The fourth-order valence-corrected chi connectivity index (χ4v) is 5.54. The molecule has 182 valence electrons. The topological polar surface area (TPSA) is 86.8 Å². The Morgan fingerprint density at radius 3 is 2.69 bits per heavy atom. The van der Waals surface area contributed by atoms with E-state index >= 15 is 0 Å². The summed E-state index contributed by atoms with van der Waals surface area (Å²) in [4.78, 5) is 37.9. The summed E-state index contributed by atoms with van der Waals surface area (Å²) in [5.74, 6) is 0.512. The zero-order valence-corrected chi connectivity index (χ0v) is 20.5. The highest BCUT2D eigenvalue weighted by Gasteiger charge is 2.26. The fourth-order valence-electron chi connectivity index (χ4n) is 5.54. The molecule has 0 saturated carbocycles. The molecule has 1 amide bonds. The normalized spacial score (nSPS) is 14.7. The van der Waals surface area contributed by atoms with Gasteiger partial charge in [-0.25, -0.2) is 9.78 Å². The molecule has 7 nitrogen and oxygen atoms in total. The summed E-state index contributed by atoms with van der Waals surface area (Å²) in [7, 11) is 1.72. The first-order valence-corrected chi connectivity index (χ1v) is 12.6. The number of pyridine rings is 1. The van der Waals surface area contributed by atoms with Crippen LogP contribution in [0.5, 0.6) is 0 Å². The monoisotopic (exact) mass is 479 g/mol. The number of fused-ring (bicyclic) bond motifs is 2. The predicted molar refractivity (Wildman–Crippen MR) is 142 cm³/mol. The van der Waals surface area contributed by atoms with E-state index in [2.05, 4.69) is 46.3 Å². The van der Waals surface area contributed by atoms with E-state index in [-0.39, 0.29) is 11.6 Å². The van der Waals surface area contributed by atoms with Gasteiger partial charge in [0, 0.05) is 54.6 Å². The Hall–Kier alpha value is -4.13. The summed E-state index contributed by atoms with van der Waals surface area (Å²) in [5.41, 5.74) is 7.52. The maximum atomic E-state index is 13.4. The number of imidazole rings is 1. The molecule has 0 bridgehead atoms. The molecule has 0 radical (unpaired) electrons. The van der Waals surface area contributed by atoms with Crippen molar-refractivity contribution in [1.82, 2.24) is 24.4 Å². The maximum absolute atomic E-state index is 13.4. The van der Waals surface area contributed by atoms with E-state index in [1.807, 2.05) is 35.2 Å². The van der Waals surface area contributed by atoms with Crippen molar-refractivity contribution in [2.45, 2.75) is 32.1 Å². The van der Waals surface area contributed by atoms with Crippen LogP contribution in [0.2, 0.25) is 0 Å². The van der Waals surface area contributed by atoms with Gasteiger partial charge in [-0.15, -0.1) is 0 Å². The second-order valence-corrected chi connectivity index (χ2v) is 9.67. The van der Waals surface area contributed by atoms with Crippen LogP contribution >= 0.6 is 0 Å². The molecular formula is C29H29N5O2. The van der Waals surface area contributed by atoms with Crippen LogP contribution in [0.3, 0.4) is 0 Å². The van der Waals surface area contributed by atoms with E-state index in [1.54, 1.807) is 17.8 Å². The maximum Gasteiger partial charge on any atom is 0.327 e. The van der Waals surface area contributed by atoms with Gasteiger partial charge >= 0.3 is 5.69 Å². The van der Waals surface area contributed by atoms with Crippen LogP contribution in [-0.2, 0) is 13.5 Å². The van der Waals surface area contributed by atoms with Gasteiger partial charge < -0.3 is 9.88 Å². The van der Waals surface area contributed by atoms with Crippen molar-refractivity contribution in [2.75, 3.05) is 13.1 Å². The molecule has 4 heterocycles. The molecule has 0 spiro atoms. The number of carbonyl (C=O) groups excluding carboxylic acids is 1. The van der Waals surface area contributed by atoms with E-state index in [0.717, 1.165) is 49.0 Å². The first kappa shape index (κ1) is 22.3. The van der Waals surface area contributed by atoms with Gasteiger partial charge in [-0.1, -0.05) is 37.3 Å². The lowest BCUT2D eigenvalue weighted by atomic mass is 9.88. The van der Waals surface area contributed by atoms with Crippen LogP contribution in [-0.4, -0.2) is 43.4 Å². The van der Waals surface area contributed by atoms with Crippen LogP contribution in [0.15, 0.2) is 65.7 Å². The minimum Gasteiger partial charge on any atom is -0.361 e. The predicted octanol–water partition coefficient (Wildman–Crippen LogP) is 4.99. The van der Waals surface area contributed by atoms with Gasteiger partial charge in [0.15, 0.2) is 5.65 Å². The third-order valence-corrected chi connectivity index (χ3v) is 7.64. The van der Waals surface area contributed by atoms with E-state index in [4.69, 9.17) is 0 Å². The van der Waals surface area contributed by atoms with Crippen molar-refractivity contribution in [3.05, 3.63) is 88.1 Å². The lowest BCUT2D eigenvalue weighted by molar-refractivity contribution is 0.0713. The molecule has 2 N–H and O–H groups in total. The number of amides is 1. The number of aromatic nitrogens is 4. The van der Waals surface area contributed by atoms with Crippen molar-refractivity contribution >= 4 is 28.0 Å². The molecular weight excluding hydrogens is 450 g/mol. The van der Waals surface area contributed by atoms with Crippen molar-refractivity contribution in [1.29, 1.82) is 0 Å². The molecule has 1 saturated heterocycles. The smallest absolute Gasteiger partial charge is 0.327 e. The first-order chi connectivity index (χ1) is 17.5. The van der Waals surface area contributed by atoms with Crippen molar-refractivity contribution in [2.24, 2.45) is 7.05 Å². The summed E-state index contributed by atoms with van der Waals surface area (Å²) < 4.78 is 1.54. The highest BCUT2D eigenvalue weighted by atomic mass is 16.2. The second-order valence-electron chi connectivity index (χ2n) is 9.67. The summed E-state index contributed by atoms with van der Waals surface area (Å²) in [6.07, 6.45) is 6.82. The minimum atomic E-state index is -0.194. The SMILES string of the molecule is CCc1cccc2c(C3CCN(C(=O)c4cccc(-c5cnc6[nH]c(=O)n(C)c6c5)c4)CC3)c[nH]c12. The average molecular weight is 480 g/mol. The van der Waals surface area contributed by atoms with Gasteiger partial charge in [0.2, 0.25) is 0 Å². The Balaban J connectivity index is 1.20. The number of aromatic amines is 2. The van der Waals surface area contributed by atoms with E-state index < -0.39 is 0 Å². The molecule has 0 aliphatic carbocycles. The summed E-state index contributed by atoms with van der Waals surface area (Å²) in [5, 5.41) is 1.32. The molecule has 1 aliphatic heterocycles. The van der Waals surface area contributed by atoms with Gasteiger partial charge in [0.25, 0.3) is 5.91 Å². The Bertz CT molecular complexity index is 1650. The number of hydrogen-bond donors (Lipinski definition) is 2. The molecule has 5 aromatic rings. The Morgan fingerprint density at radius 2 is 1.89 bits per heavy atom. The van der Waals surface area contributed by atoms with Crippen LogP contribution in [0.1, 0.15) is 47.2 Å². The summed E-state index contributed by atoms with van der Waals surface area (Å²) in [6, 6.07) is 16.2. The van der Waals surface area contributed by atoms with Gasteiger partial charge in [0.05, 0.1) is 5.52 Å². The molecule has 6 rings (SSSR count). The number of H-pyrrole nitrogens is 2. The number of likely N-dealkylation sites (tertiary alicyclic amines) is 1. The summed E-state index contributed by atoms with van der Waals surface area (Å²) >= 11 is 0. The lowest BCUT2D eigenvalue weighted by Crippen LogP contribution is -2.37. The Morgan fingerprint density at radius 1 is 1.08 bits per heavy atom. The quantitative estimate of drug-likeness (QED) is 0.381. The number of benzene rings is 2. The number of rotatable bonds is 4. The fraction of sp³-hybridized carbons (Fsp3) is 0.276. The zero-order chi connectivity index (χ0) is 24.8.